The van der Waals surface area contributed by atoms with Crippen LogP contribution in [0.5, 0.6) is 0 Å². The zero-order valence-electron chi connectivity index (χ0n) is 17.2. The molecule has 1 saturated heterocycles. The number of nitrogens with zero attached hydrogens (tertiary/aromatic N) is 1. The van der Waals surface area contributed by atoms with Crippen LogP contribution < -0.4 is 10.2 Å². The Morgan fingerprint density at radius 2 is 1.83 bits per heavy atom. The molecule has 0 radical (unpaired) electrons. The molecule has 158 valence electrons. The molecule has 2 heterocycles. The lowest BCUT2D eigenvalue weighted by molar-refractivity contribution is -0.886. The molecule has 2 aromatic rings. The van der Waals surface area contributed by atoms with E-state index in [1.807, 2.05) is 19.2 Å². The molecule has 1 aromatic carbocycles. The number of likely N-dealkylation sites (N-methyl/N-ethyl adjacent to an activating group) is 1. The minimum absolute atomic E-state index is 0.136. The van der Waals surface area contributed by atoms with Gasteiger partial charge in [-0.1, -0.05) is 13.8 Å². The summed E-state index contributed by atoms with van der Waals surface area (Å²) >= 11 is 0. The lowest BCUT2D eigenvalue weighted by atomic mass is 9.94. The number of benzene rings is 1. The average Bonchev–Trinajstić information content (AvgIpc) is 3.14. The number of carbonyl (C=O) groups is 1. The highest BCUT2D eigenvalue weighted by Crippen LogP contribution is 2.27. The van der Waals surface area contributed by atoms with Gasteiger partial charge >= 0.3 is 0 Å². The van der Waals surface area contributed by atoms with Crippen molar-refractivity contribution in [2.45, 2.75) is 31.7 Å². The Balaban J connectivity index is 1.58. The maximum atomic E-state index is 12.9. The van der Waals surface area contributed by atoms with Crippen LogP contribution in [0.25, 0.3) is 0 Å². The molecular weight excluding hydrogens is 390 g/mol. The third kappa shape index (κ3) is 5.68. The first-order valence-corrected chi connectivity index (χ1v) is 11.4. The molecule has 8 heteroatoms. The number of furan rings is 1. The number of carbonyl (C=O) groups excluding carboxylic acids is 1. The van der Waals surface area contributed by atoms with Crippen molar-refractivity contribution in [2.75, 3.05) is 32.0 Å². The first kappa shape index (κ1) is 21.5. The Morgan fingerprint density at radius 1 is 1.17 bits per heavy atom. The predicted molar refractivity (Wildman–Crippen MR) is 111 cm³/mol. The van der Waals surface area contributed by atoms with Crippen molar-refractivity contribution in [3.05, 3.63) is 48.4 Å². The summed E-state index contributed by atoms with van der Waals surface area (Å²) in [6, 6.07) is 10.1. The van der Waals surface area contributed by atoms with Crippen LogP contribution in [0.2, 0.25) is 0 Å². The topological polar surface area (TPSA) is 84.1 Å². The fraction of sp³-hybridized carbons (Fsp3) is 0.476. The molecule has 0 aliphatic carbocycles. The Bertz CT molecular complexity index is 900. The Labute approximate surface area is 172 Å². The second kappa shape index (κ2) is 9.11. The highest BCUT2D eigenvalue weighted by molar-refractivity contribution is 7.89. The maximum Gasteiger partial charge on any atom is 0.279 e. The summed E-state index contributed by atoms with van der Waals surface area (Å²) in [5.74, 6) is 1.40. The first-order chi connectivity index (χ1) is 13.7. The lowest BCUT2D eigenvalue weighted by Crippen LogP contribution is -3.08. The molecule has 0 spiro atoms. The molecule has 0 saturated carbocycles. The van der Waals surface area contributed by atoms with Crippen molar-refractivity contribution >= 4 is 21.6 Å². The number of hydrogen-bond acceptors (Lipinski definition) is 4. The van der Waals surface area contributed by atoms with E-state index >= 15 is 0 Å². The normalized spacial score (nSPS) is 21.6. The van der Waals surface area contributed by atoms with Gasteiger partial charge in [-0.3, -0.25) is 4.79 Å². The molecule has 7 nitrogen and oxygen atoms in total. The average molecular weight is 421 g/mol. The number of piperidine rings is 1. The quantitative estimate of drug-likeness (QED) is 0.713. The Hall–Kier alpha value is -2.16. The van der Waals surface area contributed by atoms with Crippen molar-refractivity contribution in [3.8, 4) is 0 Å². The molecule has 3 atom stereocenters. The van der Waals surface area contributed by atoms with Gasteiger partial charge in [0.05, 0.1) is 18.2 Å². The molecule has 1 unspecified atom stereocenters. The predicted octanol–water partition coefficient (Wildman–Crippen LogP) is 1.60. The minimum Gasteiger partial charge on any atom is -0.463 e. The molecule has 1 aromatic heterocycles. The summed E-state index contributed by atoms with van der Waals surface area (Å²) in [6.45, 7) is 6.17. The van der Waals surface area contributed by atoms with Gasteiger partial charge in [0.15, 0.2) is 12.3 Å². The molecule has 1 amide bonds. The summed E-state index contributed by atoms with van der Waals surface area (Å²) in [4.78, 5) is 13.5. The molecule has 2 N–H and O–H groups in total. The van der Waals surface area contributed by atoms with E-state index < -0.39 is 10.0 Å². The van der Waals surface area contributed by atoms with Gasteiger partial charge < -0.3 is 14.6 Å². The molecule has 1 aliphatic rings. The van der Waals surface area contributed by atoms with E-state index in [1.54, 1.807) is 34.8 Å². The smallest absolute Gasteiger partial charge is 0.279 e. The number of amides is 1. The van der Waals surface area contributed by atoms with Gasteiger partial charge in [0, 0.05) is 18.8 Å². The Kier molecular flexibility index (Phi) is 6.77. The van der Waals surface area contributed by atoms with Crippen molar-refractivity contribution in [3.63, 3.8) is 0 Å². The summed E-state index contributed by atoms with van der Waals surface area (Å²) in [5.41, 5.74) is 0.583. The van der Waals surface area contributed by atoms with Crippen molar-refractivity contribution < 1.29 is 22.5 Å². The van der Waals surface area contributed by atoms with E-state index in [0.717, 1.165) is 17.1 Å². The fourth-order valence-corrected chi connectivity index (χ4v) is 5.59. The van der Waals surface area contributed by atoms with Crippen molar-refractivity contribution in [1.82, 2.24) is 4.31 Å². The first-order valence-electron chi connectivity index (χ1n) is 9.98. The number of quaternary nitrogens is 1. The van der Waals surface area contributed by atoms with Gasteiger partial charge in [-0.05, 0) is 54.7 Å². The van der Waals surface area contributed by atoms with Crippen LogP contribution in [-0.4, -0.2) is 45.3 Å². The third-order valence-corrected chi connectivity index (χ3v) is 6.98. The number of sulfonamides is 1. The summed E-state index contributed by atoms with van der Waals surface area (Å²) < 4.78 is 32.7. The second-order valence-corrected chi connectivity index (χ2v) is 10.2. The van der Waals surface area contributed by atoms with Gasteiger partial charge in [0.1, 0.15) is 6.54 Å². The van der Waals surface area contributed by atoms with Gasteiger partial charge in [-0.15, -0.1) is 0 Å². The van der Waals surface area contributed by atoms with E-state index in [4.69, 9.17) is 4.42 Å². The largest absolute Gasteiger partial charge is 0.463 e. The number of nitrogens with one attached hydrogen (secondary N) is 2. The molecule has 1 aliphatic heterocycles. The van der Waals surface area contributed by atoms with Crippen molar-refractivity contribution in [2.24, 2.45) is 11.8 Å². The van der Waals surface area contributed by atoms with Gasteiger partial charge in [0.25, 0.3) is 5.91 Å². The maximum absolute atomic E-state index is 12.9. The minimum atomic E-state index is -3.52. The highest BCUT2D eigenvalue weighted by Gasteiger charge is 2.31. The molecule has 0 bridgehead atoms. The summed E-state index contributed by atoms with van der Waals surface area (Å²) in [5, 5.41) is 2.83. The van der Waals surface area contributed by atoms with Crippen LogP contribution in [0.15, 0.2) is 52.0 Å². The highest BCUT2D eigenvalue weighted by atomic mass is 32.2. The van der Waals surface area contributed by atoms with E-state index in [9.17, 15) is 13.2 Å². The zero-order valence-corrected chi connectivity index (χ0v) is 18.0. The molecule has 3 rings (SSSR count). The van der Waals surface area contributed by atoms with Gasteiger partial charge in [-0.25, -0.2) is 8.42 Å². The van der Waals surface area contributed by atoms with Crippen molar-refractivity contribution in [1.29, 1.82) is 0 Å². The van der Waals surface area contributed by atoms with Crippen LogP contribution in [0, 0.1) is 11.8 Å². The molecular formula is C21H30N3O4S+. The zero-order chi connectivity index (χ0) is 21.0. The van der Waals surface area contributed by atoms with E-state index in [2.05, 4.69) is 19.2 Å². The van der Waals surface area contributed by atoms with E-state index in [0.29, 0.717) is 37.2 Å². The number of rotatable bonds is 7. The lowest BCUT2D eigenvalue weighted by Gasteiger charge is -2.34. The van der Waals surface area contributed by atoms with Crippen LogP contribution >= 0.6 is 0 Å². The second-order valence-electron chi connectivity index (χ2n) is 8.23. The van der Waals surface area contributed by atoms with Crippen LogP contribution in [0.1, 0.15) is 26.0 Å². The van der Waals surface area contributed by atoms with Gasteiger partial charge in [-0.2, -0.15) is 4.31 Å². The fourth-order valence-electron chi connectivity index (χ4n) is 3.91. The SMILES string of the molecule is C[C@H]1C[C@H](C)CN(S(=O)(=O)c2ccc(NC(=O)C[NH+](C)Cc3ccco3)cc2)C1. The van der Waals surface area contributed by atoms with Gasteiger partial charge in [0.2, 0.25) is 10.0 Å². The standard InChI is InChI=1S/C21H29N3O4S/c1-16-11-17(2)13-24(12-16)29(26,27)20-8-6-18(7-9-20)22-21(25)15-23(3)14-19-5-4-10-28-19/h4-10,16-17H,11-15H2,1-3H3,(H,22,25)/p+1/t16-,17-/m0/s1. The van der Waals surface area contributed by atoms with E-state index in [-0.39, 0.29) is 17.3 Å². The summed E-state index contributed by atoms with van der Waals surface area (Å²) in [6.07, 6.45) is 2.66. The number of anilines is 1. The Morgan fingerprint density at radius 3 is 2.41 bits per heavy atom. The monoisotopic (exact) mass is 420 g/mol. The number of hydrogen-bond donors (Lipinski definition) is 2. The third-order valence-electron chi connectivity index (χ3n) is 5.13. The molecule has 1 fully saturated rings. The van der Waals surface area contributed by atoms with Crippen LogP contribution in [-0.2, 0) is 21.4 Å². The van der Waals surface area contributed by atoms with Crippen LogP contribution in [0.3, 0.4) is 0 Å². The molecule has 29 heavy (non-hydrogen) atoms. The van der Waals surface area contributed by atoms with Crippen LogP contribution in [0.4, 0.5) is 5.69 Å². The van der Waals surface area contributed by atoms with E-state index in [1.165, 1.54) is 0 Å². The summed E-state index contributed by atoms with van der Waals surface area (Å²) in [7, 11) is -1.60.